The maximum atomic E-state index is 12.5. The molecule has 0 saturated carbocycles. The molecule has 2 aromatic carbocycles. The van der Waals surface area contributed by atoms with E-state index in [4.69, 9.17) is 11.6 Å². The molecule has 3 rings (SSSR count). The molecule has 0 radical (unpaired) electrons. The Hall–Kier alpha value is -2.24. The Bertz CT molecular complexity index is 774. The fourth-order valence-electron chi connectivity index (χ4n) is 3.49. The number of hydrogen-bond donors (Lipinski definition) is 2. The van der Waals surface area contributed by atoms with Gasteiger partial charge in [0.25, 0.3) is 0 Å². The van der Waals surface area contributed by atoms with Crippen molar-refractivity contribution in [1.29, 1.82) is 0 Å². The number of nitrogens with zero attached hydrogens (tertiary/aromatic N) is 2. The molecular formula is C21H27ClN4O. The van der Waals surface area contributed by atoms with E-state index in [1.165, 1.54) is 12.8 Å². The largest absolute Gasteiger partial charge is 0.370 e. The number of halogens is 1. The molecule has 2 aromatic rings. The van der Waals surface area contributed by atoms with E-state index < -0.39 is 0 Å². The Labute approximate surface area is 166 Å². The van der Waals surface area contributed by atoms with Gasteiger partial charge in [-0.3, -0.25) is 0 Å². The second kappa shape index (κ2) is 9.11. The summed E-state index contributed by atoms with van der Waals surface area (Å²) in [5, 5.41) is 6.70. The topological polar surface area (TPSA) is 47.6 Å². The first-order chi connectivity index (χ1) is 13.1. The molecule has 1 heterocycles. The standard InChI is InChI=1S/C21H27ClN4O/c1-25(2)20(16-9-3-4-10-17(16)22)15-23-21(27)24-18-11-5-6-12-19(18)26-13-7-8-14-26/h3-6,9-12,20H,7-8,13-15H2,1-2H3,(H2,23,24,27)/t20-/m1/s1. The molecule has 0 spiro atoms. The van der Waals surface area contributed by atoms with Crippen LogP contribution in [-0.2, 0) is 0 Å². The molecule has 0 aromatic heterocycles. The van der Waals surface area contributed by atoms with Crippen molar-refractivity contribution in [2.75, 3.05) is 43.9 Å². The summed E-state index contributed by atoms with van der Waals surface area (Å²) < 4.78 is 0. The minimum absolute atomic E-state index is 0.00160. The first-order valence-corrected chi connectivity index (χ1v) is 9.73. The van der Waals surface area contributed by atoms with Gasteiger partial charge in [0.15, 0.2) is 0 Å². The first kappa shape index (κ1) is 19.5. The number of likely N-dealkylation sites (N-methyl/N-ethyl adjacent to an activating group) is 1. The highest BCUT2D eigenvalue weighted by atomic mass is 35.5. The van der Waals surface area contributed by atoms with E-state index >= 15 is 0 Å². The van der Waals surface area contributed by atoms with Gasteiger partial charge in [-0.1, -0.05) is 41.9 Å². The molecule has 6 heteroatoms. The van der Waals surface area contributed by atoms with Crippen molar-refractivity contribution in [2.24, 2.45) is 0 Å². The van der Waals surface area contributed by atoms with E-state index in [9.17, 15) is 4.79 Å². The molecule has 1 saturated heterocycles. The number of rotatable bonds is 6. The highest BCUT2D eigenvalue weighted by molar-refractivity contribution is 6.31. The van der Waals surface area contributed by atoms with Crippen molar-refractivity contribution in [3.8, 4) is 0 Å². The minimum atomic E-state index is -0.208. The van der Waals surface area contributed by atoms with Crippen LogP contribution in [0.3, 0.4) is 0 Å². The van der Waals surface area contributed by atoms with Crippen molar-refractivity contribution in [2.45, 2.75) is 18.9 Å². The number of anilines is 2. The Balaban J connectivity index is 1.65. The Kier molecular flexibility index (Phi) is 6.58. The van der Waals surface area contributed by atoms with Crippen molar-refractivity contribution in [3.63, 3.8) is 0 Å². The number of carbonyl (C=O) groups excluding carboxylic acids is 1. The third kappa shape index (κ3) is 4.93. The van der Waals surface area contributed by atoms with E-state index in [1.54, 1.807) is 0 Å². The fraction of sp³-hybridized carbons (Fsp3) is 0.381. The van der Waals surface area contributed by atoms with Gasteiger partial charge in [0, 0.05) is 24.7 Å². The second-order valence-electron chi connectivity index (χ2n) is 7.05. The van der Waals surface area contributed by atoms with Crippen molar-refractivity contribution in [3.05, 3.63) is 59.1 Å². The van der Waals surface area contributed by atoms with Gasteiger partial charge in [-0.15, -0.1) is 0 Å². The molecule has 1 fully saturated rings. The van der Waals surface area contributed by atoms with Crippen LogP contribution in [0.15, 0.2) is 48.5 Å². The third-order valence-electron chi connectivity index (χ3n) is 4.94. The highest BCUT2D eigenvalue weighted by Crippen LogP contribution is 2.29. The van der Waals surface area contributed by atoms with Crippen LogP contribution in [0.2, 0.25) is 5.02 Å². The van der Waals surface area contributed by atoms with Gasteiger partial charge in [0.2, 0.25) is 0 Å². The molecule has 5 nitrogen and oxygen atoms in total. The van der Waals surface area contributed by atoms with Gasteiger partial charge in [-0.05, 0) is 50.7 Å². The number of benzene rings is 2. The smallest absolute Gasteiger partial charge is 0.319 e. The van der Waals surface area contributed by atoms with E-state index in [1.807, 2.05) is 56.6 Å². The molecular weight excluding hydrogens is 360 g/mol. The number of carbonyl (C=O) groups is 1. The molecule has 2 N–H and O–H groups in total. The predicted octanol–water partition coefficient (Wildman–Crippen LogP) is 4.36. The second-order valence-corrected chi connectivity index (χ2v) is 7.45. The summed E-state index contributed by atoms with van der Waals surface area (Å²) in [6.07, 6.45) is 2.39. The lowest BCUT2D eigenvalue weighted by Crippen LogP contribution is -2.37. The summed E-state index contributed by atoms with van der Waals surface area (Å²) in [5.74, 6) is 0. The molecule has 0 bridgehead atoms. The zero-order valence-electron chi connectivity index (χ0n) is 15.9. The normalized spacial score (nSPS) is 15.0. The average Bonchev–Trinajstić information content (AvgIpc) is 3.18. The molecule has 0 unspecified atom stereocenters. The van der Waals surface area contributed by atoms with Crippen molar-refractivity contribution < 1.29 is 4.79 Å². The summed E-state index contributed by atoms with van der Waals surface area (Å²) in [7, 11) is 3.96. The van der Waals surface area contributed by atoms with Crippen LogP contribution >= 0.6 is 11.6 Å². The molecule has 1 atom stereocenters. The van der Waals surface area contributed by atoms with Crippen molar-refractivity contribution in [1.82, 2.24) is 10.2 Å². The zero-order chi connectivity index (χ0) is 19.2. The quantitative estimate of drug-likeness (QED) is 0.775. The summed E-state index contributed by atoms with van der Waals surface area (Å²) in [4.78, 5) is 16.9. The van der Waals surface area contributed by atoms with Gasteiger partial charge in [0.1, 0.15) is 0 Å². The Morgan fingerprint density at radius 2 is 1.78 bits per heavy atom. The van der Waals surface area contributed by atoms with Crippen LogP contribution in [0.25, 0.3) is 0 Å². The van der Waals surface area contributed by atoms with Gasteiger partial charge in [-0.2, -0.15) is 0 Å². The lowest BCUT2D eigenvalue weighted by molar-refractivity contribution is 0.243. The van der Waals surface area contributed by atoms with Gasteiger partial charge in [0.05, 0.1) is 17.4 Å². The lowest BCUT2D eigenvalue weighted by atomic mass is 10.1. The molecule has 144 valence electrons. The number of nitrogens with one attached hydrogen (secondary N) is 2. The van der Waals surface area contributed by atoms with E-state index in [-0.39, 0.29) is 12.1 Å². The summed E-state index contributed by atoms with van der Waals surface area (Å²) >= 11 is 6.34. The van der Waals surface area contributed by atoms with Gasteiger partial charge in [-0.25, -0.2) is 4.79 Å². The SMILES string of the molecule is CN(C)[C@H](CNC(=O)Nc1ccccc1N1CCCC1)c1ccccc1Cl. The summed E-state index contributed by atoms with van der Waals surface area (Å²) in [6.45, 7) is 2.54. The Morgan fingerprint density at radius 1 is 1.11 bits per heavy atom. The van der Waals surface area contributed by atoms with Crippen LogP contribution < -0.4 is 15.5 Å². The highest BCUT2D eigenvalue weighted by Gasteiger charge is 2.19. The maximum Gasteiger partial charge on any atom is 0.319 e. The van der Waals surface area contributed by atoms with E-state index in [2.05, 4.69) is 26.5 Å². The van der Waals surface area contributed by atoms with Crippen LogP contribution in [-0.4, -0.2) is 44.7 Å². The first-order valence-electron chi connectivity index (χ1n) is 9.36. The monoisotopic (exact) mass is 386 g/mol. The van der Waals surface area contributed by atoms with Crippen molar-refractivity contribution >= 4 is 29.0 Å². The maximum absolute atomic E-state index is 12.5. The minimum Gasteiger partial charge on any atom is -0.370 e. The molecule has 27 heavy (non-hydrogen) atoms. The van der Waals surface area contributed by atoms with Crippen LogP contribution in [0.4, 0.5) is 16.2 Å². The fourth-order valence-corrected chi connectivity index (χ4v) is 3.75. The molecule has 1 aliphatic rings. The lowest BCUT2D eigenvalue weighted by Gasteiger charge is -2.26. The summed E-state index contributed by atoms with van der Waals surface area (Å²) in [6, 6.07) is 15.5. The molecule has 1 aliphatic heterocycles. The number of urea groups is 1. The number of para-hydroxylation sites is 2. The molecule has 2 amide bonds. The third-order valence-corrected chi connectivity index (χ3v) is 5.29. The number of amides is 2. The van der Waals surface area contributed by atoms with Crippen LogP contribution in [0.1, 0.15) is 24.4 Å². The molecule has 0 aliphatic carbocycles. The van der Waals surface area contributed by atoms with Crippen LogP contribution in [0, 0.1) is 0 Å². The van der Waals surface area contributed by atoms with Gasteiger partial charge >= 0.3 is 6.03 Å². The zero-order valence-corrected chi connectivity index (χ0v) is 16.7. The van der Waals surface area contributed by atoms with Gasteiger partial charge < -0.3 is 20.4 Å². The number of hydrogen-bond acceptors (Lipinski definition) is 3. The van der Waals surface area contributed by atoms with E-state index in [0.717, 1.165) is 30.0 Å². The van der Waals surface area contributed by atoms with E-state index in [0.29, 0.717) is 11.6 Å². The summed E-state index contributed by atoms with van der Waals surface area (Å²) in [5.41, 5.74) is 2.93. The predicted molar refractivity (Wildman–Crippen MR) is 113 cm³/mol. The van der Waals surface area contributed by atoms with Crippen LogP contribution in [0.5, 0.6) is 0 Å². The average molecular weight is 387 g/mol. The Morgan fingerprint density at radius 3 is 2.48 bits per heavy atom.